The molecule has 1 amide bonds. The second-order valence-electron chi connectivity index (χ2n) is 9.70. The number of rotatable bonds is 5. The molecule has 184 valence electrons. The normalized spacial score (nSPS) is 15.8. The zero-order valence-electron chi connectivity index (χ0n) is 20.6. The molecule has 0 bridgehead atoms. The largest absolute Gasteiger partial charge is 0.489 e. The summed E-state index contributed by atoms with van der Waals surface area (Å²) in [6.45, 7) is 6.54. The quantitative estimate of drug-likeness (QED) is 0.359. The van der Waals surface area contributed by atoms with E-state index in [9.17, 15) is 4.79 Å². The van der Waals surface area contributed by atoms with Crippen LogP contribution in [0, 0.1) is 0 Å². The van der Waals surface area contributed by atoms with Crippen molar-refractivity contribution in [2.45, 2.75) is 45.4 Å². The monoisotopic (exact) mass is 483 g/mol. The van der Waals surface area contributed by atoms with Gasteiger partial charge in [-0.05, 0) is 57.0 Å². The molecule has 8 nitrogen and oxygen atoms in total. The lowest BCUT2D eigenvalue weighted by atomic mass is 10.0. The molecular formula is C28H29N5O3. The van der Waals surface area contributed by atoms with Gasteiger partial charge < -0.3 is 14.5 Å². The lowest BCUT2D eigenvalue weighted by molar-refractivity contribution is 0.0173. The van der Waals surface area contributed by atoms with Gasteiger partial charge in [0, 0.05) is 12.1 Å². The summed E-state index contributed by atoms with van der Waals surface area (Å²) in [5.41, 5.74) is 3.39. The molecule has 0 saturated heterocycles. The van der Waals surface area contributed by atoms with E-state index >= 15 is 0 Å². The highest BCUT2D eigenvalue weighted by Crippen LogP contribution is 2.32. The van der Waals surface area contributed by atoms with Crippen LogP contribution in [0.4, 0.5) is 4.79 Å². The number of fused-ring (bicyclic) bond motifs is 1. The fourth-order valence-electron chi connectivity index (χ4n) is 4.13. The Labute approximate surface area is 210 Å². The number of benzene rings is 2. The molecule has 1 atom stereocenters. The molecule has 1 N–H and O–H groups in total. The minimum Gasteiger partial charge on any atom is -0.489 e. The summed E-state index contributed by atoms with van der Waals surface area (Å²) in [7, 11) is 0. The number of H-pyrrole nitrogens is 1. The van der Waals surface area contributed by atoms with Crippen LogP contribution in [0.25, 0.3) is 22.6 Å². The van der Waals surface area contributed by atoms with Gasteiger partial charge in [0.15, 0.2) is 5.65 Å². The van der Waals surface area contributed by atoms with Crippen molar-refractivity contribution in [3.05, 3.63) is 84.3 Å². The van der Waals surface area contributed by atoms with E-state index in [1.165, 1.54) is 6.33 Å². The van der Waals surface area contributed by atoms with Crippen molar-refractivity contribution in [1.29, 1.82) is 0 Å². The number of carbonyl (C=O) groups is 1. The van der Waals surface area contributed by atoms with Gasteiger partial charge >= 0.3 is 6.09 Å². The smallest absolute Gasteiger partial charge is 0.411 e. The van der Waals surface area contributed by atoms with E-state index < -0.39 is 5.60 Å². The maximum atomic E-state index is 12.9. The van der Waals surface area contributed by atoms with Crippen molar-refractivity contribution < 1.29 is 14.3 Å². The summed E-state index contributed by atoms with van der Waals surface area (Å²) in [5, 5.41) is 0. The van der Waals surface area contributed by atoms with Gasteiger partial charge in [0.1, 0.15) is 35.6 Å². The molecule has 2 aromatic heterocycles. The molecule has 0 fully saturated rings. The first-order valence-electron chi connectivity index (χ1n) is 12.0. The maximum absolute atomic E-state index is 12.9. The molecule has 1 unspecified atom stereocenters. The summed E-state index contributed by atoms with van der Waals surface area (Å²) >= 11 is 0. The SMILES string of the molecule is CC(C)(C)OC(=O)N1CC=CCC1c1ncnc2[nH]c(-c3ccc(OCc4ccccc4)cc3)nc12. The van der Waals surface area contributed by atoms with Gasteiger partial charge in [-0.25, -0.2) is 19.7 Å². The predicted octanol–water partition coefficient (Wildman–Crippen LogP) is 5.84. The fourth-order valence-corrected chi connectivity index (χ4v) is 4.13. The Balaban J connectivity index is 1.38. The first-order valence-corrected chi connectivity index (χ1v) is 12.0. The Morgan fingerprint density at radius 1 is 1.06 bits per heavy atom. The van der Waals surface area contributed by atoms with E-state index in [2.05, 4.69) is 21.0 Å². The molecule has 2 aromatic carbocycles. The molecule has 4 aromatic rings. The average Bonchev–Trinajstić information content (AvgIpc) is 3.32. The number of carbonyl (C=O) groups excluding carboxylic acids is 1. The number of nitrogens with one attached hydrogen (secondary N) is 1. The molecule has 0 saturated carbocycles. The number of imidazole rings is 1. The number of amides is 1. The first kappa shape index (κ1) is 23.5. The summed E-state index contributed by atoms with van der Waals surface area (Å²) in [6, 6.07) is 17.5. The van der Waals surface area contributed by atoms with E-state index in [-0.39, 0.29) is 12.1 Å². The third-order valence-corrected chi connectivity index (χ3v) is 5.84. The highest BCUT2D eigenvalue weighted by molar-refractivity contribution is 5.79. The van der Waals surface area contributed by atoms with E-state index in [1.807, 2.05) is 81.4 Å². The molecule has 0 aliphatic carbocycles. The number of aromatic nitrogens is 4. The Morgan fingerprint density at radius 2 is 1.83 bits per heavy atom. The van der Waals surface area contributed by atoms with Crippen molar-refractivity contribution in [2.24, 2.45) is 0 Å². The highest BCUT2D eigenvalue weighted by Gasteiger charge is 2.32. The fraction of sp³-hybridized carbons (Fsp3) is 0.286. The Kier molecular flexibility index (Phi) is 6.41. The third kappa shape index (κ3) is 5.22. The molecule has 3 heterocycles. The van der Waals surface area contributed by atoms with Crippen molar-refractivity contribution in [2.75, 3.05) is 6.54 Å². The first-order chi connectivity index (χ1) is 17.4. The van der Waals surface area contributed by atoms with Crippen LogP contribution in [-0.4, -0.2) is 43.1 Å². The molecule has 5 rings (SSSR count). The minimum atomic E-state index is -0.583. The number of aromatic amines is 1. The van der Waals surface area contributed by atoms with Gasteiger partial charge in [0.25, 0.3) is 0 Å². The summed E-state index contributed by atoms with van der Waals surface area (Å²) in [4.78, 5) is 31.7. The molecule has 0 radical (unpaired) electrons. The van der Waals surface area contributed by atoms with Crippen LogP contribution in [0.2, 0.25) is 0 Å². The van der Waals surface area contributed by atoms with Crippen molar-refractivity contribution >= 4 is 17.3 Å². The van der Waals surface area contributed by atoms with E-state index in [0.717, 1.165) is 16.9 Å². The van der Waals surface area contributed by atoms with Crippen LogP contribution in [0.5, 0.6) is 5.75 Å². The molecule has 36 heavy (non-hydrogen) atoms. The summed E-state index contributed by atoms with van der Waals surface area (Å²) in [5.74, 6) is 1.46. The third-order valence-electron chi connectivity index (χ3n) is 5.84. The molecule has 8 heteroatoms. The van der Waals surface area contributed by atoms with Crippen LogP contribution in [-0.2, 0) is 11.3 Å². The Bertz CT molecular complexity index is 1370. The number of hydrogen-bond donors (Lipinski definition) is 1. The second-order valence-corrected chi connectivity index (χ2v) is 9.70. The van der Waals surface area contributed by atoms with E-state index in [0.29, 0.717) is 42.3 Å². The van der Waals surface area contributed by atoms with Crippen molar-refractivity contribution in [1.82, 2.24) is 24.8 Å². The molecule has 0 spiro atoms. The van der Waals surface area contributed by atoms with Crippen molar-refractivity contribution in [3.63, 3.8) is 0 Å². The topological polar surface area (TPSA) is 93.2 Å². The van der Waals surface area contributed by atoms with Gasteiger partial charge in [-0.2, -0.15) is 0 Å². The molecule has 1 aliphatic heterocycles. The Hall–Kier alpha value is -4.20. The number of ether oxygens (including phenoxy) is 2. The zero-order valence-corrected chi connectivity index (χ0v) is 20.6. The standard InChI is InChI=1S/C28H29N5O3/c1-28(2,3)36-27(34)33-16-8-7-11-22(33)23-24-26(30-18-29-23)32-25(31-24)20-12-14-21(15-13-20)35-17-19-9-5-4-6-10-19/h4-10,12-15,18,22H,11,16-17H2,1-3H3,(H,29,30,31,32). The second kappa shape index (κ2) is 9.81. The predicted molar refractivity (Wildman–Crippen MR) is 137 cm³/mol. The highest BCUT2D eigenvalue weighted by atomic mass is 16.6. The van der Waals surface area contributed by atoms with Gasteiger partial charge in [-0.1, -0.05) is 42.5 Å². The van der Waals surface area contributed by atoms with Gasteiger partial charge in [0.05, 0.1) is 11.7 Å². The number of hydrogen-bond acceptors (Lipinski definition) is 6. The zero-order chi connectivity index (χ0) is 25.1. The lowest BCUT2D eigenvalue weighted by Crippen LogP contribution is -2.41. The van der Waals surface area contributed by atoms with E-state index in [1.54, 1.807) is 4.90 Å². The van der Waals surface area contributed by atoms with E-state index in [4.69, 9.17) is 14.5 Å². The average molecular weight is 484 g/mol. The molecule has 1 aliphatic rings. The minimum absolute atomic E-state index is 0.291. The van der Waals surface area contributed by atoms with Gasteiger partial charge in [0.2, 0.25) is 0 Å². The van der Waals surface area contributed by atoms with Crippen LogP contribution < -0.4 is 4.74 Å². The lowest BCUT2D eigenvalue weighted by Gasteiger charge is -2.34. The van der Waals surface area contributed by atoms with Crippen LogP contribution in [0.3, 0.4) is 0 Å². The summed E-state index contributed by atoms with van der Waals surface area (Å²) < 4.78 is 11.5. The molecular weight excluding hydrogens is 454 g/mol. The summed E-state index contributed by atoms with van der Waals surface area (Å²) in [6.07, 6.45) is 5.79. The van der Waals surface area contributed by atoms with Gasteiger partial charge in [-0.15, -0.1) is 0 Å². The Morgan fingerprint density at radius 3 is 2.58 bits per heavy atom. The van der Waals surface area contributed by atoms with Crippen LogP contribution >= 0.6 is 0 Å². The van der Waals surface area contributed by atoms with Crippen LogP contribution in [0.1, 0.15) is 44.5 Å². The van der Waals surface area contributed by atoms with Gasteiger partial charge in [-0.3, -0.25) is 4.90 Å². The van der Waals surface area contributed by atoms with Crippen molar-refractivity contribution in [3.8, 4) is 17.1 Å². The number of nitrogens with zero attached hydrogens (tertiary/aromatic N) is 4. The van der Waals surface area contributed by atoms with Crippen LogP contribution in [0.15, 0.2) is 73.1 Å². The maximum Gasteiger partial charge on any atom is 0.411 e.